The number of nitro benzene ring substituents is 1. The van der Waals surface area contributed by atoms with Crippen molar-refractivity contribution in [3.05, 3.63) is 52.2 Å². The van der Waals surface area contributed by atoms with Crippen molar-refractivity contribution in [3.63, 3.8) is 0 Å². The molecule has 0 amide bonds. The first-order valence-corrected chi connectivity index (χ1v) is 5.85. The van der Waals surface area contributed by atoms with Crippen LogP contribution in [0.25, 0.3) is 23.0 Å². The fourth-order valence-electron chi connectivity index (χ4n) is 1.77. The average Bonchev–Trinajstić information content (AvgIpc) is 3.16. The van der Waals surface area contributed by atoms with Crippen molar-refractivity contribution in [1.29, 1.82) is 5.26 Å². The zero-order valence-corrected chi connectivity index (χ0v) is 10.5. The highest BCUT2D eigenvalue weighted by molar-refractivity contribution is 5.60. The van der Waals surface area contributed by atoms with Gasteiger partial charge in [-0.05, 0) is 24.3 Å². The van der Waals surface area contributed by atoms with Crippen LogP contribution in [0.3, 0.4) is 0 Å². The third-order valence-corrected chi connectivity index (χ3v) is 2.80. The monoisotopic (exact) mass is 281 g/mol. The van der Waals surface area contributed by atoms with Gasteiger partial charge >= 0.3 is 0 Å². The molecule has 21 heavy (non-hydrogen) atoms. The molecular weight excluding hydrogens is 274 g/mol. The lowest BCUT2D eigenvalue weighted by Gasteiger charge is -1.93. The van der Waals surface area contributed by atoms with Crippen LogP contribution in [0.4, 0.5) is 5.69 Å². The first kappa shape index (κ1) is 12.6. The number of nitrogens with zero attached hydrogens (tertiary/aromatic N) is 4. The van der Waals surface area contributed by atoms with Crippen LogP contribution in [0.15, 0.2) is 40.9 Å². The molecule has 0 atom stereocenters. The number of aromatic amines is 1. The van der Waals surface area contributed by atoms with E-state index in [0.29, 0.717) is 22.8 Å². The van der Waals surface area contributed by atoms with Crippen LogP contribution in [0, 0.1) is 21.4 Å². The highest BCUT2D eigenvalue weighted by Gasteiger charge is 2.13. The number of benzene rings is 1. The molecule has 8 nitrogen and oxygen atoms in total. The van der Waals surface area contributed by atoms with E-state index >= 15 is 0 Å². The molecule has 0 unspecified atom stereocenters. The van der Waals surface area contributed by atoms with Crippen molar-refractivity contribution in [2.45, 2.75) is 0 Å². The predicted octanol–water partition coefficient (Wildman–Crippen LogP) is 2.51. The molecule has 2 heterocycles. The number of hydrogen-bond donors (Lipinski definition) is 1. The minimum Gasteiger partial charge on any atom is -0.342 e. The molecule has 1 aromatic carbocycles. The second-order valence-corrected chi connectivity index (χ2v) is 4.12. The SMILES string of the molecule is N#Cc1ccc(-c2nc(-c3ccc([N+](=O)[O-])cc3)no2)[nH]1. The maximum atomic E-state index is 10.6. The molecule has 0 aliphatic carbocycles. The van der Waals surface area contributed by atoms with Crippen molar-refractivity contribution >= 4 is 5.69 Å². The molecule has 0 bridgehead atoms. The lowest BCUT2D eigenvalue weighted by Crippen LogP contribution is -1.87. The van der Waals surface area contributed by atoms with Gasteiger partial charge in [-0.3, -0.25) is 10.1 Å². The molecule has 0 fully saturated rings. The summed E-state index contributed by atoms with van der Waals surface area (Å²) in [6.45, 7) is 0. The Labute approximate surface area is 117 Å². The van der Waals surface area contributed by atoms with Gasteiger partial charge in [0.15, 0.2) is 0 Å². The Morgan fingerprint density at radius 3 is 2.62 bits per heavy atom. The Morgan fingerprint density at radius 1 is 1.24 bits per heavy atom. The first-order valence-electron chi connectivity index (χ1n) is 5.85. The topological polar surface area (TPSA) is 122 Å². The summed E-state index contributed by atoms with van der Waals surface area (Å²) >= 11 is 0. The molecular formula is C13H7N5O3. The molecule has 102 valence electrons. The normalized spacial score (nSPS) is 10.2. The van der Waals surface area contributed by atoms with Crippen LogP contribution in [-0.4, -0.2) is 20.0 Å². The van der Waals surface area contributed by atoms with Crippen molar-refractivity contribution in [2.75, 3.05) is 0 Å². The lowest BCUT2D eigenvalue weighted by atomic mass is 10.2. The van der Waals surface area contributed by atoms with Crippen LogP contribution in [0.1, 0.15) is 5.69 Å². The Hall–Kier alpha value is -3.47. The molecule has 0 spiro atoms. The van der Waals surface area contributed by atoms with Crippen molar-refractivity contribution in [2.24, 2.45) is 0 Å². The summed E-state index contributed by atoms with van der Waals surface area (Å²) in [4.78, 5) is 17.1. The van der Waals surface area contributed by atoms with Crippen molar-refractivity contribution in [1.82, 2.24) is 15.1 Å². The van der Waals surface area contributed by atoms with Crippen molar-refractivity contribution < 1.29 is 9.45 Å². The molecule has 3 rings (SSSR count). The summed E-state index contributed by atoms with van der Waals surface area (Å²) < 4.78 is 5.10. The molecule has 8 heteroatoms. The van der Waals surface area contributed by atoms with Gasteiger partial charge in [0.2, 0.25) is 5.82 Å². The van der Waals surface area contributed by atoms with E-state index in [1.807, 2.05) is 6.07 Å². The van der Waals surface area contributed by atoms with Gasteiger partial charge in [0, 0.05) is 17.7 Å². The van der Waals surface area contributed by atoms with Gasteiger partial charge in [-0.15, -0.1) is 0 Å². The number of rotatable bonds is 3. The largest absolute Gasteiger partial charge is 0.342 e. The minimum absolute atomic E-state index is 0.00880. The van der Waals surface area contributed by atoms with E-state index in [4.69, 9.17) is 9.78 Å². The number of nitro groups is 1. The molecule has 3 aromatic rings. The summed E-state index contributed by atoms with van der Waals surface area (Å²) in [5.74, 6) is 0.554. The van der Waals surface area contributed by atoms with Gasteiger partial charge < -0.3 is 9.51 Å². The van der Waals surface area contributed by atoms with Crippen LogP contribution in [0.5, 0.6) is 0 Å². The number of aromatic nitrogens is 3. The van der Waals surface area contributed by atoms with Gasteiger partial charge in [0.05, 0.1) is 4.92 Å². The van der Waals surface area contributed by atoms with Crippen LogP contribution < -0.4 is 0 Å². The fraction of sp³-hybridized carbons (Fsp3) is 0. The predicted molar refractivity (Wildman–Crippen MR) is 70.9 cm³/mol. The maximum Gasteiger partial charge on any atom is 0.274 e. The number of nitriles is 1. The number of H-pyrrole nitrogens is 1. The summed E-state index contributed by atoms with van der Waals surface area (Å²) in [5, 5.41) is 23.2. The number of non-ortho nitro benzene ring substituents is 1. The average molecular weight is 281 g/mol. The Balaban J connectivity index is 1.91. The summed E-state index contributed by atoms with van der Waals surface area (Å²) in [6.07, 6.45) is 0. The van der Waals surface area contributed by atoms with Crippen LogP contribution in [0.2, 0.25) is 0 Å². The zero-order valence-electron chi connectivity index (χ0n) is 10.5. The molecule has 0 radical (unpaired) electrons. The Bertz CT molecular complexity index is 841. The van der Waals surface area contributed by atoms with Crippen LogP contribution in [-0.2, 0) is 0 Å². The highest BCUT2D eigenvalue weighted by atomic mass is 16.6. The van der Waals surface area contributed by atoms with E-state index in [1.54, 1.807) is 24.3 Å². The van der Waals surface area contributed by atoms with Gasteiger partial charge in [-0.2, -0.15) is 10.2 Å². The number of nitrogens with one attached hydrogen (secondary N) is 1. The zero-order chi connectivity index (χ0) is 14.8. The van der Waals surface area contributed by atoms with E-state index in [1.165, 1.54) is 12.1 Å². The second-order valence-electron chi connectivity index (χ2n) is 4.12. The van der Waals surface area contributed by atoms with E-state index in [0.717, 1.165) is 0 Å². The first-order chi connectivity index (χ1) is 10.2. The molecule has 1 N–H and O–H groups in total. The molecule has 0 aliphatic rings. The molecule has 0 saturated carbocycles. The third kappa shape index (κ3) is 2.35. The Kier molecular flexibility index (Phi) is 2.93. The standard InChI is InChI=1S/C13H7N5O3/c14-7-9-3-6-11(15-9)13-16-12(17-21-13)8-1-4-10(5-2-8)18(19)20/h1-6,15H. The van der Waals surface area contributed by atoms with Gasteiger partial charge in [-0.1, -0.05) is 5.16 Å². The third-order valence-electron chi connectivity index (χ3n) is 2.80. The van der Waals surface area contributed by atoms with Gasteiger partial charge in [0.1, 0.15) is 17.5 Å². The molecule has 2 aromatic heterocycles. The van der Waals surface area contributed by atoms with Gasteiger partial charge in [0.25, 0.3) is 11.6 Å². The lowest BCUT2D eigenvalue weighted by molar-refractivity contribution is -0.384. The van der Waals surface area contributed by atoms with E-state index < -0.39 is 4.92 Å². The fourth-order valence-corrected chi connectivity index (χ4v) is 1.77. The highest BCUT2D eigenvalue weighted by Crippen LogP contribution is 2.23. The van der Waals surface area contributed by atoms with Crippen LogP contribution >= 0.6 is 0 Å². The van der Waals surface area contributed by atoms with E-state index in [9.17, 15) is 10.1 Å². The Morgan fingerprint density at radius 2 is 2.00 bits per heavy atom. The van der Waals surface area contributed by atoms with Crippen molar-refractivity contribution in [3.8, 4) is 29.0 Å². The van der Waals surface area contributed by atoms with E-state index in [-0.39, 0.29) is 11.6 Å². The number of hydrogen-bond acceptors (Lipinski definition) is 6. The maximum absolute atomic E-state index is 10.6. The quantitative estimate of drug-likeness (QED) is 0.581. The summed E-state index contributed by atoms with van der Waals surface area (Å²) in [6, 6.07) is 11.0. The smallest absolute Gasteiger partial charge is 0.274 e. The van der Waals surface area contributed by atoms with Gasteiger partial charge in [-0.25, -0.2) is 0 Å². The molecule has 0 aliphatic heterocycles. The summed E-state index contributed by atoms with van der Waals surface area (Å²) in [5.41, 5.74) is 1.51. The summed E-state index contributed by atoms with van der Waals surface area (Å²) in [7, 11) is 0. The minimum atomic E-state index is -0.478. The molecule has 0 saturated heterocycles. The van der Waals surface area contributed by atoms with E-state index in [2.05, 4.69) is 15.1 Å². The second kappa shape index (κ2) is 4.90.